The van der Waals surface area contributed by atoms with Crippen LogP contribution in [0.25, 0.3) is 0 Å². The van der Waals surface area contributed by atoms with Gasteiger partial charge in [0.1, 0.15) is 5.41 Å². The average Bonchev–Trinajstić information content (AvgIpc) is 2.86. The van der Waals surface area contributed by atoms with Crippen LogP contribution in [0.2, 0.25) is 0 Å². The highest BCUT2D eigenvalue weighted by molar-refractivity contribution is 5.78. The van der Waals surface area contributed by atoms with Crippen LogP contribution >= 0.6 is 0 Å². The number of benzene rings is 1. The monoisotopic (exact) mass is 275 g/mol. The van der Waals surface area contributed by atoms with Crippen LogP contribution in [0, 0.1) is 5.41 Å². The zero-order valence-electron chi connectivity index (χ0n) is 11.9. The van der Waals surface area contributed by atoms with Crippen molar-refractivity contribution in [3.8, 4) is 0 Å². The maximum absolute atomic E-state index is 12.2. The second kappa shape index (κ2) is 5.54. The molecule has 0 bridgehead atoms. The van der Waals surface area contributed by atoms with Gasteiger partial charge in [0.2, 0.25) is 0 Å². The van der Waals surface area contributed by atoms with E-state index in [1.54, 1.807) is 0 Å². The fourth-order valence-corrected chi connectivity index (χ4v) is 3.50. The number of likely N-dealkylation sites (tertiary alicyclic amines) is 1. The van der Waals surface area contributed by atoms with Gasteiger partial charge < -0.3 is 9.47 Å². The standard InChI is InChI=1S/C16H21NO3/c1-19-15(18)16-8-5-9-20-14(16)11-17(12-16)10-13-6-3-2-4-7-13/h2-4,6-7,14H,5,8-12H2,1H3/t14-,16-/m0/s1. The summed E-state index contributed by atoms with van der Waals surface area (Å²) in [6, 6.07) is 10.4. The topological polar surface area (TPSA) is 38.8 Å². The number of fused-ring (bicyclic) bond motifs is 1. The first-order chi connectivity index (χ1) is 9.74. The first-order valence-corrected chi connectivity index (χ1v) is 7.21. The normalized spacial score (nSPS) is 29.9. The van der Waals surface area contributed by atoms with Crippen LogP contribution in [0.3, 0.4) is 0 Å². The molecule has 0 saturated carbocycles. The Hall–Kier alpha value is -1.39. The van der Waals surface area contributed by atoms with Crippen molar-refractivity contribution >= 4 is 5.97 Å². The van der Waals surface area contributed by atoms with Crippen molar-refractivity contribution in [3.05, 3.63) is 35.9 Å². The molecule has 0 aliphatic carbocycles. The molecular weight excluding hydrogens is 254 g/mol. The van der Waals surface area contributed by atoms with Gasteiger partial charge in [0.25, 0.3) is 0 Å². The lowest BCUT2D eigenvalue weighted by Gasteiger charge is -2.35. The molecule has 4 nitrogen and oxygen atoms in total. The van der Waals surface area contributed by atoms with E-state index in [1.807, 2.05) is 18.2 Å². The van der Waals surface area contributed by atoms with E-state index in [-0.39, 0.29) is 12.1 Å². The van der Waals surface area contributed by atoms with E-state index < -0.39 is 5.41 Å². The van der Waals surface area contributed by atoms with Gasteiger partial charge in [-0.1, -0.05) is 30.3 Å². The van der Waals surface area contributed by atoms with Gasteiger partial charge in [-0.25, -0.2) is 0 Å². The maximum Gasteiger partial charge on any atom is 0.315 e. The minimum atomic E-state index is -0.457. The molecular formula is C16H21NO3. The van der Waals surface area contributed by atoms with Crippen LogP contribution in [0.5, 0.6) is 0 Å². The second-order valence-electron chi connectivity index (χ2n) is 5.77. The summed E-state index contributed by atoms with van der Waals surface area (Å²) in [4.78, 5) is 14.5. The van der Waals surface area contributed by atoms with E-state index in [2.05, 4.69) is 17.0 Å². The third kappa shape index (κ3) is 2.34. The molecule has 20 heavy (non-hydrogen) atoms. The molecule has 3 rings (SSSR count). The van der Waals surface area contributed by atoms with Crippen LogP contribution in [-0.4, -0.2) is 43.8 Å². The molecule has 2 fully saturated rings. The quantitative estimate of drug-likeness (QED) is 0.789. The third-order valence-electron chi connectivity index (χ3n) is 4.47. The molecule has 1 aromatic carbocycles. The summed E-state index contributed by atoms with van der Waals surface area (Å²) in [5.74, 6) is -0.113. The van der Waals surface area contributed by atoms with Gasteiger partial charge in [-0.3, -0.25) is 9.69 Å². The highest BCUT2D eigenvalue weighted by Crippen LogP contribution is 2.41. The molecule has 0 radical (unpaired) electrons. The van der Waals surface area contributed by atoms with Crippen molar-refractivity contribution in [2.24, 2.45) is 5.41 Å². The molecule has 2 aliphatic rings. The smallest absolute Gasteiger partial charge is 0.315 e. The van der Waals surface area contributed by atoms with Gasteiger partial charge in [0.05, 0.1) is 13.2 Å². The van der Waals surface area contributed by atoms with Crippen LogP contribution in [0.15, 0.2) is 30.3 Å². The molecule has 0 unspecified atom stereocenters. The maximum atomic E-state index is 12.2. The number of hydrogen-bond donors (Lipinski definition) is 0. The van der Waals surface area contributed by atoms with Crippen LogP contribution in [0.1, 0.15) is 18.4 Å². The molecule has 0 aromatic heterocycles. The Bertz CT molecular complexity index is 476. The summed E-state index contributed by atoms with van der Waals surface area (Å²) in [5, 5.41) is 0. The lowest BCUT2D eigenvalue weighted by molar-refractivity contribution is -0.165. The zero-order valence-corrected chi connectivity index (χ0v) is 11.9. The molecule has 4 heteroatoms. The van der Waals surface area contributed by atoms with E-state index in [9.17, 15) is 4.79 Å². The van der Waals surface area contributed by atoms with Crippen molar-refractivity contribution in [2.45, 2.75) is 25.5 Å². The molecule has 108 valence electrons. The Morgan fingerprint density at radius 1 is 1.45 bits per heavy atom. The Morgan fingerprint density at radius 3 is 3.00 bits per heavy atom. The van der Waals surface area contributed by atoms with Gasteiger partial charge in [-0.2, -0.15) is 0 Å². The minimum Gasteiger partial charge on any atom is -0.468 e. The molecule has 1 aromatic rings. The van der Waals surface area contributed by atoms with Crippen molar-refractivity contribution in [2.75, 3.05) is 26.8 Å². The number of carbonyl (C=O) groups is 1. The Labute approximate surface area is 119 Å². The van der Waals surface area contributed by atoms with Gasteiger partial charge in [0.15, 0.2) is 0 Å². The van der Waals surface area contributed by atoms with Crippen molar-refractivity contribution in [1.29, 1.82) is 0 Å². The lowest BCUT2D eigenvalue weighted by Crippen LogP contribution is -2.47. The van der Waals surface area contributed by atoms with Gasteiger partial charge in [0, 0.05) is 26.2 Å². The first-order valence-electron chi connectivity index (χ1n) is 7.21. The number of nitrogens with zero attached hydrogens (tertiary/aromatic N) is 1. The average molecular weight is 275 g/mol. The predicted molar refractivity (Wildman–Crippen MR) is 75.1 cm³/mol. The van der Waals surface area contributed by atoms with Crippen LogP contribution in [-0.2, 0) is 20.8 Å². The fourth-order valence-electron chi connectivity index (χ4n) is 3.50. The SMILES string of the molecule is COC(=O)[C@]12CCCO[C@H]1CN(Cc1ccccc1)C2. The van der Waals surface area contributed by atoms with Crippen LogP contribution < -0.4 is 0 Å². The van der Waals surface area contributed by atoms with Gasteiger partial charge in [-0.15, -0.1) is 0 Å². The largest absolute Gasteiger partial charge is 0.468 e. The fraction of sp³-hybridized carbons (Fsp3) is 0.562. The number of ether oxygens (including phenoxy) is 2. The summed E-state index contributed by atoms with van der Waals surface area (Å²) in [6.45, 7) is 3.16. The summed E-state index contributed by atoms with van der Waals surface area (Å²) in [7, 11) is 1.47. The number of hydrogen-bond acceptors (Lipinski definition) is 4. The third-order valence-corrected chi connectivity index (χ3v) is 4.47. The Morgan fingerprint density at radius 2 is 2.25 bits per heavy atom. The Kier molecular flexibility index (Phi) is 3.76. The predicted octanol–water partition coefficient (Wildman–Crippen LogP) is 1.84. The number of methoxy groups -OCH3 is 1. The van der Waals surface area contributed by atoms with E-state index in [1.165, 1.54) is 12.7 Å². The van der Waals surface area contributed by atoms with Gasteiger partial charge in [-0.05, 0) is 18.4 Å². The second-order valence-corrected chi connectivity index (χ2v) is 5.77. The molecule has 2 saturated heterocycles. The lowest BCUT2D eigenvalue weighted by atomic mass is 9.78. The highest BCUT2D eigenvalue weighted by Gasteiger charge is 2.54. The first kappa shape index (κ1) is 13.6. The van der Waals surface area contributed by atoms with Crippen molar-refractivity contribution in [3.63, 3.8) is 0 Å². The van der Waals surface area contributed by atoms with Crippen LogP contribution in [0.4, 0.5) is 0 Å². The number of esters is 1. The summed E-state index contributed by atoms with van der Waals surface area (Å²) in [6.07, 6.45) is 1.79. The van der Waals surface area contributed by atoms with E-state index in [0.29, 0.717) is 0 Å². The molecule has 0 amide bonds. The number of carbonyl (C=O) groups excluding carboxylic acids is 1. The molecule has 2 heterocycles. The van der Waals surface area contributed by atoms with E-state index >= 15 is 0 Å². The van der Waals surface area contributed by atoms with E-state index in [0.717, 1.165) is 39.1 Å². The molecule has 0 N–H and O–H groups in total. The van der Waals surface area contributed by atoms with Crippen molar-refractivity contribution < 1.29 is 14.3 Å². The highest BCUT2D eigenvalue weighted by atomic mass is 16.5. The summed E-state index contributed by atoms with van der Waals surface area (Å²) in [5.41, 5.74) is 0.813. The molecule has 2 aliphatic heterocycles. The number of rotatable bonds is 3. The van der Waals surface area contributed by atoms with Gasteiger partial charge >= 0.3 is 5.97 Å². The molecule has 0 spiro atoms. The molecule has 2 atom stereocenters. The van der Waals surface area contributed by atoms with E-state index in [4.69, 9.17) is 9.47 Å². The zero-order chi connectivity index (χ0) is 14.0. The Balaban J connectivity index is 1.76. The summed E-state index contributed by atoms with van der Waals surface area (Å²) < 4.78 is 10.9. The summed E-state index contributed by atoms with van der Waals surface area (Å²) >= 11 is 0. The minimum absolute atomic E-state index is 0.0209. The van der Waals surface area contributed by atoms with Crippen molar-refractivity contribution in [1.82, 2.24) is 4.90 Å².